The molecule has 0 amide bonds. The smallest absolute Gasteiger partial charge is 0.195 e. The highest BCUT2D eigenvalue weighted by Gasteiger charge is 2.06. The van der Waals surface area contributed by atoms with Crippen LogP contribution in [0.3, 0.4) is 0 Å². The molecular formula is C10H12N4S. The average Bonchev–Trinajstić information content (AvgIpc) is 2.59. The molecule has 78 valence electrons. The molecule has 2 heterocycles. The van der Waals surface area contributed by atoms with E-state index >= 15 is 0 Å². The molecule has 2 aromatic heterocycles. The monoisotopic (exact) mass is 220 g/mol. The van der Waals surface area contributed by atoms with E-state index in [9.17, 15) is 0 Å². The van der Waals surface area contributed by atoms with Gasteiger partial charge in [-0.2, -0.15) is 5.10 Å². The topological polar surface area (TPSA) is 46.5 Å². The Labute approximate surface area is 93.0 Å². The van der Waals surface area contributed by atoms with Crippen LogP contribution < -0.4 is 0 Å². The summed E-state index contributed by atoms with van der Waals surface area (Å²) in [6.07, 6.45) is 1.78. The van der Waals surface area contributed by atoms with Crippen molar-refractivity contribution in [2.75, 3.05) is 0 Å². The normalized spacial score (nSPS) is 10.5. The second kappa shape index (κ2) is 3.94. The number of aryl methyl sites for hydroxylation is 1. The van der Waals surface area contributed by atoms with Gasteiger partial charge in [0, 0.05) is 24.0 Å². The van der Waals surface area contributed by atoms with E-state index in [1.54, 1.807) is 6.20 Å². The predicted molar refractivity (Wildman–Crippen MR) is 61.1 cm³/mol. The van der Waals surface area contributed by atoms with Crippen molar-refractivity contribution in [1.82, 2.24) is 19.7 Å². The van der Waals surface area contributed by atoms with Gasteiger partial charge in [-0.15, -0.1) is 0 Å². The Morgan fingerprint density at radius 2 is 2.33 bits per heavy atom. The molecule has 0 aromatic carbocycles. The number of pyridine rings is 1. The third-order valence-electron chi connectivity index (χ3n) is 2.23. The van der Waals surface area contributed by atoms with Gasteiger partial charge in [0.25, 0.3) is 0 Å². The van der Waals surface area contributed by atoms with Crippen LogP contribution in [-0.2, 0) is 6.54 Å². The van der Waals surface area contributed by atoms with Crippen molar-refractivity contribution >= 4 is 12.2 Å². The lowest BCUT2D eigenvalue weighted by atomic mass is 10.2. The van der Waals surface area contributed by atoms with E-state index in [1.807, 2.05) is 30.5 Å². The molecule has 0 spiro atoms. The van der Waals surface area contributed by atoms with E-state index < -0.39 is 0 Å². The molecule has 0 atom stereocenters. The van der Waals surface area contributed by atoms with Gasteiger partial charge in [0.2, 0.25) is 0 Å². The highest BCUT2D eigenvalue weighted by molar-refractivity contribution is 7.71. The van der Waals surface area contributed by atoms with Crippen LogP contribution in [-0.4, -0.2) is 19.7 Å². The Morgan fingerprint density at radius 3 is 3.00 bits per heavy atom. The summed E-state index contributed by atoms with van der Waals surface area (Å²) >= 11 is 5.13. The van der Waals surface area contributed by atoms with E-state index in [2.05, 4.69) is 15.2 Å². The number of aromatic nitrogens is 4. The molecule has 0 saturated carbocycles. The highest BCUT2D eigenvalue weighted by Crippen LogP contribution is 2.16. The Hall–Kier alpha value is -1.49. The van der Waals surface area contributed by atoms with Crippen LogP contribution >= 0.6 is 12.2 Å². The number of aromatic amines is 1. The lowest BCUT2D eigenvalue weighted by Crippen LogP contribution is -1.98. The molecule has 0 aliphatic heterocycles. The molecule has 0 aliphatic rings. The number of rotatable bonds is 2. The fourth-order valence-electron chi connectivity index (χ4n) is 1.52. The minimum absolute atomic E-state index is 0.655. The summed E-state index contributed by atoms with van der Waals surface area (Å²) in [4.78, 5) is 4.15. The van der Waals surface area contributed by atoms with Gasteiger partial charge in [-0.05, 0) is 38.2 Å². The van der Waals surface area contributed by atoms with E-state index in [1.165, 1.54) is 0 Å². The number of nitrogens with one attached hydrogen (secondary N) is 1. The fraction of sp³-hybridized carbons (Fsp3) is 0.300. The molecule has 0 aliphatic carbocycles. The molecule has 0 unspecified atom stereocenters. The minimum Gasteiger partial charge on any atom is -0.300 e. The number of nitrogens with zero attached hydrogens (tertiary/aromatic N) is 3. The summed E-state index contributed by atoms with van der Waals surface area (Å²) in [5.74, 6) is 0.869. The summed E-state index contributed by atoms with van der Waals surface area (Å²) in [7, 11) is 0. The maximum absolute atomic E-state index is 5.13. The summed E-state index contributed by atoms with van der Waals surface area (Å²) in [5.41, 5.74) is 2.01. The molecule has 2 aromatic rings. The van der Waals surface area contributed by atoms with Crippen LogP contribution in [0.2, 0.25) is 0 Å². The SMILES string of the molecule is CCn1c(-c2ccnc(C)c2)n[nH]c1=S. The molecule has 4 nitrogen and oxygen atoms in total. The fourth-order valence-corrected chi connectivity index (χ4v) is 1.78. The van der Waals surface area contributed by atoms with Crippen molar-refractivity contribution in [3.63, 3.8) is 0 Å². The van der Waals surface area contributed by atoms with Gasteiger partial charge in [0.1, 0.15) is 0 Å². The summed E-state index contributed by atoms with van der Waals surface area (Å²) in [6, 6.07) is 3.93. The van der Waals surface area contributed by atoms with Crippen molar-refractivity contribution in [3.8, 4) is 11.4 Å². The lowest BCUT2D eigenvalue weighted by molar-refractivity contribution is 0.755. The molecule has 15 heavy (non-hydrogen) atoms. The van der Waals surface area contributed by atoms with Gasteiger partial charge in [-0.1, -0.05) is 0 Å². The van der Waals surface area contributed by atoms with Crippen LogP contribution in [0.25, 0.3) is 11.4 Å². The number of hydrogen-bond donors (Lipinski definition) is 1. The zero-order valence-electron chi connectivity index (χ0n) is 8.69. The second-order valence-corrected chi connectivity index (χ2v) is 3.67. The van der Waals surface area contributed by atoms with Crippen molar-refractivity contribution in [2.24, 2.45) is 0 Å². The van der Waals surface area contributed by atoms with Crippen LogP contribution in [0.4, 0.5) is 0 Å². The van der Waals surface area contributed by atoms with Gasteiger partial charge in [0.15, 0.2) is 10.6 Å². The lowest BCUT2D eigenvalue weighted by Gasteiger charge is -2.03. The molecule has 0 fully saturated rings. The number of H-pyrrole nitrogens is 1. The zero-order valence-corrected chi connectivity index (χ0v) is 9.51. The van der Waals surface area contributed by atoms with Gasteiger partial charge < -0.3 is 4.57 Å². The Balaban J connectivity index is 2.59. The maximum Gasteiger partial charge on any atom is 0.195 e. The Bertz CT molecular complexity index is 526. The minimum atomic E-state index is 0.655. The Morgan fingerprint density at radius 1 is 1.53 bits per heavy atom. The molecule has 0 saturated heterocycles. The molecule has 0 radical (unpaired) electrons. The van der Waals surface area contributed by atoms with Gasteiger partial charge in [-0.25, -0.2) is 0 Å². The van der Waals surface area contributed by atoms with Crippen molar-refractivity contribution in [2.45, 2.75) is 20.4 Å². The van der Waals surface area contributed by atoms with Crippen molar-refractivity contribution in [3.05, 3.63) is 28.8 Å². The molecule has 0 bridgehead atoms. The summed E-state index contributed by atoms with van der Waals surface area (Å²) in [6.45, 7) is 4.82. The standard InChI is InChI=1S/C10H12N4S/c1-3-14-9(12-13-10(14)15)8-4-5-11-7(2)6-8/h4-6H,3H2,1-2H3,(H,13,15). The van der Waals surface area contributed by atoms with E-state index in [0.29, 0.717) is 4.77 Å². The predicted octanol–water partition coefficient (Wildman–Crippen LogP) is 2.33. The third kappa shape index (κ3) is 1.83. The Kier molecular flexibility index (Phi) is 2.64. The van der Waals surface area contributed by atoms with Crippen molar-refractivity contribution < 1.29 is 0 Å². The third-order valence-corrected chi connectivity index (χ3v) is 2.54. The number of hydrogen-bond acceptors (Lipinski definition) is 3. The molecule has 2 rings (SSSR count). The van der Waals surface area contributed by atoms with Gasteiger partial charge in [-0.3, -0.25) is 10.1 Å². The molecule has 1 N–H and O–H groups in total. The maximum atomic E-state index is 5.13. The first-order chi connectivity index (χ1) is 7.22. The molecule has 5 heteroatoms. The molecular weight excluding hydrogens is 208 g/mol. The zero-order chi connectivity index (χ0) is 10.8. The van der Waals surface area contributed by atoms with Crippen LogP contribution in [0.1, 0.15) is 12.6 Å². The largest absolute Gasteiger partial charge is 0.300 e. The van der Waals surface area contributed by atoms with Crippen LogP contribution in [0, 0.1) is 11.7 Å². The van der Waals surface area contributed by atoms with E-state index in [-0.39, 0.29) is 0 Å². The van der Waals surface area contributed by atoms with Gasteiger partial charge >= 0.3 is 0 Å². The van der Waals surface area contributed by atoms with E-state index in [0.717, 1.165) is 23.6 Å². The van der Waals surface area contributed by atoms with Crippen molar-refractivity contribution in [1.29, 1.82) is 0 Å². The van der Waals surface area contributed by atoms with E-state index in [4.69, 9.17) is 12.2 Å². The highest BCUT2D eigenvalue weighted by atomic mass is 32.1. The second-order valence-electron chi connectivity index (χ2n) is 3.28. The summed E-state index contributed by atoms with van der Waals surface area (Å²) in [5, 5.41) is 7.02. The van der Waals surface area contributed by atoms with Crippen LogP contribution in [0.15, 0.2) is 18.3 Å². The first-order valence-corrected chi connectivity index (χ1v) is 5.21. The average molecular weight is 220 g/mol. The van der Waals surface area contributed by atoms with Crippen LogP contribution in [0.5, 0.6) is 0 Å². The van der Waals surface area contributed by atoms with Gasteiger partial charge in [0.05, 0.1) is 0 Å². The summed E-state index contributed by atoms with van der Waals surface area (Å²) < 4.78 is 2.62. The first kappa shape index (κ1) is 10.0. The first-order valence-electron chi connectivity index (χ1n) is 4.80. The quantitative estimate of drug-likeness (QED) is 0.790.